The maximum atomic E-state index is 5.28. The van der Waals surface area contributed by atoms with E-state index in [-0.39, 0.29) is 19.5 Å². The van der Waals surface area contributed by atoms with Crippen LogP contribution in [0.25, 0.3) is 0 Å². The van der Waals surface area contributed by atoms with Gasteiger partial charge in [0.2, 0.25) is 0 Å². The Bertz CT molecular complexity index is 27.0. The van der Waals surface area contributed by atoms with Crippen LogP contribution in [0.4, 0.5) is 0 Å². The molecule has 0 amide bonds. The van der Waals surface area contributed by atoms with Gasteiger partial charge in [-0.05, 0) is 0 Å². The molecule has 2 nitrogen and oxygen atoms in total. The van der Waals surface area contributed by atoms with Crippen LogP contribution in [-0.4, -0.2) is 31.9 Å². The molecule has 36 valence electrons. The lowest BCUT2D eigenvalue weighted by molar-refractivity contribution is 0.592. The van der Waals surface area contributed by atoms with E-state index in [2.05, 4.69) is 5.32 Å². The summed E-state index contributed by atoms with van der Waals surface area (Å²) in [6, 6.07) is 0. The molecule has 1 heterocycles. The van der Waals surface area contributed by atoms with Crippen LogP contribution in [0.2, 0.25) is 0 Å². The molecule has 0 aromatic heterocycles. The van der Waals surface area contributed by atoms with Crippen molar-refractivity contribution in [2.24, 2.45) is 0 Å². The summed E-state index contributed by atoms with van der Waals surface area (Å²) in [5.74, 6) is 0. The van der Waals surface area contributed by atoms with Crippen LogP contribution in [-0.2, 0) is 4.12 Å². The quantitative estimate of drug-likeness (QED) is 0.362. The summed E-state index contributed by atoms with van der Waals surface area (Å²) in [5, 5.41) is 3.28. The van der Waals surface area contributed by atoms with E-state index < -0.39 is 0 Å². The van der Waals surface area contributed by atoms with Gasteiger partial charge in [0, 0.05) is 12.3 Å². The Morgan fingerprint density at radius 3 is 2.17 bits per heavy atom. The van der Waals surface area contributed by atoms with Crippen LogP contribution in [0.3, 0.4) is 0 Å². The molecule has 6 heavy (non-hydrogen) atoms. The molecule has 4 heteroatoms. The van der Waals surface area contributed by atoms with Crippen molar-refractivity contribution in [3.05, 3.63) is 0 Å². The molecule has 1 aliphatic heterocycles. The highest BCUT2D eigenvalue weighted by Crippen LogP contribution is 1.70. The van der Waals surface area contributed by atoms with Crippen LogP contribution < -0.4 is 5.32 Å². The molecule has 0 spiro atoms. The van der Waals surface area contributed by atoms with Crippen LogP contribution in [0, 0.1) is 0 Å². The fourth-order valence-electron chi connectivity index (χ4n) is 0.516. The van der Waals surface area contributed by atoms with Gasteiger partial charge in [-0.3, -0.25) is 0 Å². The fraction of sp³-hybridized carbons (Fsp3) is 1.00. The van der Waals surface area contributed by atoms with Gasteiger partial charge in [-0.15, -0.1) is 0 Å². The molecule has 1 fully saturated rings. The maximum absolute atomic E-state index is 5.28. The van der Waals surface area contributed by atoms with E-state index >= 15 is 0 Å². The number of hydrogen-bond acceptors (Lipinski definition) is 2. The average Bonchev–Trinajstić information content (AvgIpc) is 1.72. The molecule has 0 atom stereocenters. The Kier molecular flexibility index (Phi) is 1.89. The molecule has 0 unspecified atom stereocenters. The summed E-state index contributed by atoms with van der Waals surface area (Å²) < 4.78 is 5.28. The maximum Gasteiger partial charge on any atom is 0.159 e. The Morgan fingerprint density at radius 1 is 1.33 bits per heavy atom. The molecule has 0 aromatic carbocycles. The summed E-state index contributed by atoms with van der Waals surface area (Å²) in [6.07, 6.45) is 2.40. The molecular formula is C2H9NOSi2. The van der Waals surface area contributed by atoms with Crippen molar-refractivity contribution < 1.29 is 4.12 Å². The van der Waals surface area contributed by atoms with Crippen molar-refractivity contribution in [3.8, 4) is 0 Å². The van der Waals surface area contributed by atoms with Crippen LogP contribution >= 0.6 is 0 Å². The summed E-state index contributed by atoms with van der Waals surface area (Å²) in [4.78, 5) is 0. The van der Waals surface area contributed by atoms with Gasteiger partial charge in [0.1, 0.15) is 0 Å². The molecule has 1 rings (SSSR count). The first-order chi connectivity index (χ1) is 3.00. The Labute approximate surface area is 42.2 Å². The molecule has 0 radical (unpaired) electrons. The summed E-state index contributed by atoms with van der Waals surface area (Å²) in [6.45, 7) is 0. The molecule has 0 aliphatic carbocycles. The molecular weight excluding hydrogens is 110 g/mol. The minimum absolute atomic E-state index is 0.0409. The van der Waals surface area contributed by atoms with Crippen molar-refractivity contribution in [3.63, 3.8) is 0 Å². The van der Waals surface area contributed by atoms with E-state index in [9.17, 15) is 0 Å². The predicted octanol–water partition coefficient (Wildman–Crippen LogP) is -2.31. The lowest BCUT2D eigenvalue weighted by Gasteiger charge is -2.09. The molecule has 0 saturated carbocycles. The first kappa shape index (κ1) is 4.51. The zero-order chi connectivity index (χ0) is 4.24. The Morgan fingerprint density at radius 2 is 2.00 bits per heavy atom. The van der Waals surface area contributed by atoms with Gasteiger partial charge in [-0.2, -0.15) is 0 Å². The average molecular weight is 119 g/mol. The van der Waals surface area contributed by atoms with E-state index in [1.165, 1.54) is 12.3 Å². The lowest BCUT2D eigenvalue weighted by atomic mass is 11.2. The van der Waals surface area contributed by atoms with Crippen molar-refractivity contribution in [2.75, 3.05) is 12.3 Å². The second-order valence-corrected chi connectivity index (χ2v) is 4.81. The summed E-state index contributed by atoms with van der Waals surface area (Å²) in [7, 11) is -0.0818. The third kappa shape index (κ3) is 1.21. The van der Waals surface area contributed by atoms with E-state index in [4.69, 9.17) is 4.12 Å². The molecule has 1 N–H and O–H groups in total. The van der Waals surface area contributed by atoms with Crippen LogP contribution in [0.1, 0.15) is 0 Å². The van der Waals surface area contributed by atoms with E-state index in [0.717, 1.165) is 0 Å². The number of rotatable bonds is 0. The van der Waals surface area contributed by atoms with Gasteiger partial charge >= 0.3 is 0 Å². The van der Waals surface area contributed by atoms with Gasteiger partial charge < -0.3 is 9.43 Å². The molecule has 1 saturated heterocycles. The third-order valence-corrected chi connectivity index (χ3v) is 4.27. The van der Waals surface area contributed by atoms with Crippen molar-refractivity contribution >= 4 is 19.5 Å². The zero-order valence-corrected chi connectivity index (χ0v) is 6.57. The fourth-order valence-corrected chi connectivity index (χ4v) is 3.78. The topological polar surface area (TPSA) is 21.3 Å². The second-order valence-electron chi connectivity index (χ2n) is 1.36. The van der Waals surface area contributed by atoms with E-state index in [1.807, 2.05) is 0 Å². The number of nitrogens with one attached hydrogen (secondary N) is 1. The zero-order valence-electron chi connectivity index (χ0n) is 3.74. The smallest absolute Gasteiger partial charge is 0.159 e. The lowest BCUT2D eigenvalue weighted by Crippen LogP contribution is -2.34. The Balaban J connectivity index is 2.00. The largest absolute Gasteiger partial charge is 0.463 e. The third-order valence-electron chi connectivity index (χ3n) is 0.846. The highest BCUT2D eigenvalue weighted by molar-refractivity contribution is 6.44. The first-order valence-electron chi connectivity index (χ1n) is 2.28. The molecule has 0 aromatic rings. The molecule has 0 bridgehead atoms. The predicted molar refractivity (Wildman–Crippen MR) is 31.0 cm³/mol. The van der Waals surface area contributed by atoms with Gasteiger partial charge in [-0.25, -0.2) is 0 Å². The van der Waals surface area contributed by atoms with Gasteiger partial charge in [0.05, 0.1) is 0 Å². The number of hydrogen-bond donors (Lipinski definition) is 1. The van der Waals surface area contributed by atoms with Crippen molar-refractivity contribution in [1.82, 2.24) is 5.32 Å². The van der Waals surface area contributed by atoms with E-state index in [1.54, 1.807) is 0 Å². The first-order valence-corrected chi connectivity index (χ1v) is 5.44. The van der Waals surface area contributed by atoms with Crippen LogP contribution in [0.15, 0.2) is 0 Å². The van der Waals surface area contributed by atoms with Gasteiger partial charge in [0.25, 0.3) is 0 Å². The van der Waals surface area contributed by atoms with Crippen molar-refractivity contribution in [1.29, 1.82) is 0 Å². The van der Waals surface area contributed by atoms with E-state index in [0.29, 0.717) is 0 Å². The second kappa shape index (κ2) is 2.51. The minimum atomic E-state index is -0.0409. The molecule has 1 aliphatic rings. The van der Waals surface area contributed by atoms with Crippen LogP contribution in [0.5, 0.6) is 0 Å². The summed E-state index contributed by atoms with van der Waals surface area (Å²) in [5.41, 5.74) is 0. The van der Waals surface area contributed by atoms with Gasteiger partial charge in [-0.1, -0.05) is 0 Å². The standard InChI is InChI=1S/C2H9NOSi2/c1-3-2-6-4-5-1/h3H,1-2,5-6H2. The Hall–Kier alpha value is 0.354. The normalized spacial score (nSPS) is 32.0. The SMILES string of the molecule is C1NC[SiH2]O[SiH2]1. The van der Waals surface area contributed by atoms with Gasteiger partial charge in [0.15, 0.2) is 19.5 Å². The van der Waals surface area contributed by atoms with Crippen molar-refractivity contribution in [2.45, 2.75) is 0 Å². The highest BCUT2D eigenvalue weighted by atomic mass is 28.3. The highest BCUT2D eigenvalue weighted by Gasteiger charge is 1.95. The monoisotopic (exact) mass is 119 g/mol. The summed E-state index contributed by atoms with van der Waals surface area (Å²) >= 11 is 0. The minimum Gasteiger partial charge on any atom is -0.463 e.